The average molecular weight is 267 g/mol. The molecular formula is C15H22FNS. The third-order valence-corrected chi connectivity index (χ3v) is 4.77. The van der Waals surface area contributed by atoms with Crippen LogP contribution in [-0.2, 0) is 6.54 Å². The van der Waals surface area contributed by atoms with Gasteiger partial charge >= 0.3 is 0 Å². The molecule has 0 spiro atoms. The lowest BCUT2D eigenvalue weighted by atomic mass is 9.91. The molecule has 2 rings (SSSR count). The highest BCUT2D eigenvalue weighted by atomic mass is 32.2. The van der Waals surface area contributed by atoms with Crippen LogP contribution in [-0.4, -0.2) is 12.3 Å². The van der Waals surface area contributed by atoms with E-state index in [9.17, 15) is 4.39 Å². The molecule has 1 N–H and O–H groups in total. The van der Waals surface area contributed by atoms with E-state index in [1.165, 1.54) is 25.7 Å². The Morgan fingerprint density at radius 2 is 2.17 bits per heavy atom. The third kappa shape index (κ3) is 3.99. The molecule has 0 aliphatic heterocycles. The fraction of sp³-hybridized carbons (Fsp3) is 0.600. The highest BCUT2D eigenvalue weighted by Crippen LogP contribution is 2.36. The SMILES string of the molecule is CNCc1cc(F)cc(SC2CCCC(C)C2)c1. The summed E-state index contributed by atoms with van der Waals surface area (Å²) in [5.74, 6) is 0.704. The Balaban J connectivity index is 2.03. The van der Waals surface area contributed by atoms with Crippen LogP contribution in [0.3, 0.4) is 0 Å². The van der Waals surface area contributed by atoms with E-state index in [4.69, 9.17) is 0 Å². The number of thioether (sulfide) groups is 1. The Morgan fingerprint density at radius 3 is 2.89 bits per heavy atom. The van der Waals surface area contributed by atoms with Crippen molar-refractivity contribution in [3.05, 3.63) is 29.6 Å². The monoisotopic (exact) mass is 267 g/mol. The topological polar surface area (TPSA) is 12.0 Å². The van der Waals surface area contributed by atoms with Crippen LogP contribution in [0.15, 0.2) is 23.1 Å². The molecule has 1 aromatic rings. The van der Waals surface area contributed by atoms with Crippen molar-refractivity contribution in [3.8, 4) is 0 Å². The van der Waals surface area contributed by atoms with E-state index in [0.29, 0.717) is 5.25 Å². The van der Waals surface area contributed by atoms with Crippen molar-refractivity contribution < 1.29 is 4.39 Å². The van der Waals surface area contributed by atoms with E-state index in [0.717, 1.165) is 22.9 Å². The van der Waals surface area contributed by atoms with Crippen molar-refractivity contribution in [2.75, 3.05) is 7.05 Å². The van der Waals surface area contributed by atoms with Gasteiger partial charge in [0.1, 0.15) is 5.82 Å². The summed E-state index contributed by atoms with van der Waals surface area (Å²) in [5.41, 5.74) is 1.03. The standard InChI is InChI=1S/C15H22FNS/c1-11-4-3-5-14(6-11)18-15-8-12(10-17-2)7-13(16)9-15/h7-9,11,14,17H,3-6,10H2,1-2H3. The van der Waals surface area contributed by atoms with Crippen LogP contribution in [0.4, 0.5) is 4.39 Å². The molecular weight excluding hydrogens is 245 g/mol. The van der Waals surface area contributed by atoms with Gasteiger partial charge in [-0.15, -0.1) is 11.8 Å². The Kier molecular flexibility index (Phi) is 5.07. The number of nitrogens with one attached hydrogen (secondary N) is 1. The Hall–Kier alpha value is -0.540. The second kappa shape index (κ2) is 6.58. The first-order valence-electron chi connectivity index (χ1n) is 6.78. The summed E-state index contributed by atoms with van der Waals surface area (Å²) < 4.78 is 13.5. The Morgan fingerprint density at radius 1 is 1.33 bits per heavy atom. The van der Waals surface area contributed by atoms with E-state index >= 15 is 0 Å². The van der Waals surface area contributed by atoms with Gasteiger partial charge in [0.15, 0.2) is 0 Å². The van der Waals surface area contributed by atoms with Crippen LogP contribution < -0.4 is 5.32 Å². The van der Waals surface area contributed by atoms with E-state index in [1.54, 1.807) is 12.1 Å². The number of halogens is 1. The highest BCUT2D eigenvalue weighted by molar-refractivity contribution is 8.00. The molecule has 0 saturated heterocycles. The quantitative estimate of drug-likeness (QED) is 0.876. The summed E-state index contributed by atoms with van der Waals surface area (Å²) in [4.78, 5) is 1.08. The molecule has 0 heterocycles. The van der Waals surface area contributed by atoms with Crippen LogP contribution in [0, 0.1) is 11.7 Å². The zero-order valence-corrected chi connectivity index (χ0v) is 12.0. The number of benzene rings is 1. The maximum Gasteiger partial charge on any atom is 0.124 e. The fourth-order valence-corrected chi connectivity index (χ4v) is 4.17. The number of hydrogen-bond donors (Lipinski definition) is 1. The summed E-state index contributed by atoms with van der Waals surface area (Å²) in [7, 11) is 1.89. The highest BCUT2D eigenvalue weighted by Gasteiger charge is 2.20. The van der Waals surface area contributed by atoms with Gasteiger partial charge < -0.3 is 5.32 Å². The second-order valence-corrected chi connectivity index (χ2v) is 6.71. The molecule has 100 valence electrons. The van der Waals surface area contributed by atoms with E-state index in [-0.39, 0.29) is 5.82 Å². The predicted octanol–water partition coefficient (Wildman–Crippen LogP) is 4.22. The van der Waals surface area contributed by atoms with Gasteiger partial charge in [0.25, 0.3) is 0 Å². The molecule has 3 heteroatoms. The van der Waals surface area contributed by atoms with Crippen molar-refractivity contribution in [1.82, 2.24) is 5.32 Å². The van der Waals surface area contributed by atoms with Crippen LogP contribution in [0.5, 0.6) is 0 Å². The fourth-order valence-electron chi connectivity index (χ4n) is 2.67. The minimum atomic E-state index is -0.117. The van der Waals surface area contributed by atoms with Crippen molar-refractivity contribution in [2.45, 2.75) is 49.3 Å². The molecule has 1 aliphatic rings. The van der Waals surface area contributed by atoms with Crippen molar-refractivity contribution in [2.24, 2.45) is 5.92 Å². The van der Waals surface area contributed by atoms with E-state index in [1.807, 2.05) is 18.8 Å². The lowest BCUT2D eigenvalue weighted by Crippen LogP contribution is -2.15. The molecule has 1 nitrogen and oxygen atoms in total. The Bertz CT molecular complexity index is 394. The van der Waals surface area contributed by atoms with Crippen LogP contribution >= 0.6 is 11.8 Å². The molecule has 1 aliphatic carbocycles. The van der Waals surface area contributed by atoms with E-state index in [2.05, 4.69) is 18.3 Å². The molecule has 0 radical (unpaired) electrons. The molecule has 2 unspecified atom stereocenters. The normalized spacial score (nSPS) is 24.2. The van der Waals surface area contributed by atoms with Crippen LogP contribution in [0.1, 0.15) is 38.2 Å². The predicted molar refractivity (Wildman–Crippen MR) is 76.4 cm³/mol. The first kappa shape index (κ1) is 13.9. The van der Waals surface area contributed by atoms with Gasteiger partial charge in [0, 0.05) is 16.7 Å². The van der Waals surface area contributed by atoms with Crippen molar-refractivity contribution in [1.29, 1.82) is 0 Å². The maximum atomic E-state index is 13.5. The lowest BCUT2D eigenvalue weighted by molar-refractivity contribution is 0.394. The zero-order chi connectivity index (χ0) is 13.0. The number of hydrogen-bond acceptors (Lipinski definition) is 2. The van der Waals surface area contributed by atoms with Crippen LogP contribution in [0.2, 0.25) is 0 Å². The largest absolute Gasteiger partial charge is 0.316 e. The van der Waals surface area contributed by atoms with Gasteiger partial charge in [-0.2, -0.15) is 0 Å². The molecule has 1 aromatic carbocycles. The minimum absolute atomic E-state index is 0.117. The lowest BCUT2D eigenvalue weighted by Gasteiger charge is -2.26. The summed E-state index contributed by atoms with van der Waals surface area (Å²) in [5, 5.41) is 3.74. The van der Waals surface area contributed by atoms with Gasteiger partial charge in [0.05, 0.1) is 0 Å². The van der Waals surface area contributed by atoms with Gasteiger partial charge in [-0.1, -0.05) is 19.8 Å². The van der Waals surface area contributed by atoms with Crippen LogP contribution in [0.25, 0.3) is 0 Å². The molecule has 18 heavy (non-hydrogen) atoms. The smallest absolute Gasteiger partial charge is 0.124 e. The van der Waals surface area contributed by atoms with Crippen molar-refractivity contribution >= 4 is 11.8 Å². The zero-order valence-electron chi connectivity index (χ0n) is 11.2. The second-order valence-electron chi connectivity index (χ2n) is 5.34. The third-order valence-electron chi connectivity index (χ3n) is 3.50. The van der Waals surface area contributed by atoms with Gasteiger partial charge in [-0.05, 0) is 49.6 Å². The molecule has 2 atom stereocenters. The summed E-state index contributed by atoms with van der Waals surface area (Å²) in [6.07, 6.45) is 5.21. The van der Waals surface area contributed by atoms with Gasteiger partial charge in [0.2, 0.25) is 0 Å². The Labute approximate surface area is 114 Å². The summed E-state index contributed by atoms with van der Waals surface area (Å²) in [6, 6.07) is 5.40. The first-order valence-corrected chi connectivity index (χ1v) is 7.66. The van der Waals surface area contributed by atoms with Crippen molar-refractivity contribution in [3.63, 3.8) is 0 Å². The average Bonchev–Trinajstić information content (AvgIpc) is 2.28. The van der Waals surface area contributed by atoms with Gasteiger partial charge in [-0.3, -0.25) is 0 Å². The number of rotatable bonds is 4. The molecule has 1 fully saturated rings. The maximum absolute atomic E-state index is 13.5. The summed E-state index contributed by atoms with van der Waals surface area (Å²) in [6.45, 7) is 3.05. The van der Waals surface area contributed by atoms with Gasteiger partial charge in [-0.25, -0.2) is 4.39 Å². The molecule has 0 bridgehead atoms. The summed E-state index contributed by atoms with van der Waals surface area (Å²) >= 11 is 1.85. The molecule has 0 amide bonds. The molecule has 1 saturated carbocycles. The van der Waals surface area contributed by atoms with E-state index < -0.39 is 0 Å². The molecule has 0 aromatic heterocycles. The first-order chi connectivity index (χ1) is 8.67. The minimum Gasteiger partial charge on any atom is -0.316 e.